The Hall–Kier alpha value is -2.64. The van der Waals surface area contributed by atoms with Crippen LogP contribution < -0.4 is 10.2 Å². The van der Waals surface area contributed by atoms with Crippen LogP contribution in [-0.2, 0) is 11.3 Å². The maximum atomic E-state index is 11.7. The number of cyclic esters (lactones) is 1. The number of carbonyl (C=O) groups is 1. The monoisotopic (exact) mass is 388 g/mol. The van der Waals surface area contributed by atoms with E-state index in [1.165, 1.54) is 11.3 Å². The maximum Gasteiger partial charge on any atom is 0.415 e. The lowest BCUT2D eigenvalue weighted by Crippen LogP contribution is -2.25. The van der Waals surface area contributed by atoms with E-state index in [-0.39, 0.29) is 12.1 Å². The van der Waals surface area contributed by atoms with Gasteiger partial charge in [-0.25, -0.2) is 9.78 Å². The smallest absolute Gasteiger partial charge is 0.415 e. The fraction of sp³-hybridized carbons (Fsp3) is 0.600. The standard InChI is InChI=1S/C17H24N6O2.C3H8/c1-3-5-6-13(14-8-10-22(4-2)21-14)19-16-18-9-7-15(20-16)23-11-12-25-17(23)24;1-3-2/h7-10,13H,3-6,11-12H2,1-2H3,(H,18,19,20);3H2,1-2H3. The van der Waals surface area contributed by atoms with E-state index in [1.807, 2.05) is 16.9 Å². The van der Waals surface area contributed by atoms with Crippen LogP contribution >= 0.6 is 0 Å². The molecule has 28 heavy (non-hydrogen) atoms. The van der Waals surface area contributed by atoms with Crippen molar-refractivity contribution in [3.8, 4) is 0 Å². The van der Waals surface area contributed by atoms with Gasteiger partial charge in [-0.3, -0.25) is 9.58 Å². The number of carbonyl (C=O) groups excluding carboxylic acids is 1. The molecule has 1 aliphatic heterocycles. The van der Waals surface area contributed by atoms with Gasteiger partial charge in [-0.2, -0.15) is 10.1 Å². The van der Waals surface area contributed by atoms with Gasteiger partial charge >= 0.3 is 6.09 Å². The third kappa shape index (κ3) is 5.94. The fourth-order valence-electron chi connectivity index (χ4n) is 2.77. The predicted octanol–water partition coefficient (Wildman–Crippen LogP) is 4.41. The maximum absolute atomic E-state index is 11.7. The minimum Gasteiger partial charge on any atom is -0.447 e. The van der Waals surface area contributed by atoms with Crippen LogP contribution in [0.3, 0.4) is 0 Å². The summed E-state index contributed by atoms with van der Waals surface area (Å²) in [6.45, 7) is 10.2. The van der Waals surface area contributed by atoms with Gasteiger partial charge in [-0.15, -0.1) is 0 Å². The zero-order valence-electron chi connectivity index (χ0n) is 17.4. The lowest BCUT2D eigenvalue weighted by atomic mass is 10.1. The normalized spacial score (nSPS) is 14.3. The summed E-state index contributed by atoms with van der Waals surface area (Å²) in [6, 6.07) is 3.77. The third-order valence-electron chi connectivity index (χ3n) is 4.17. The van der Waals surface area contributed by atoms with Crippen molar-refractivity contribution < 1.29 is 9.53 Å². The van der Waals surface area contributed by atoms with Crippen LogP contribution in [-0.4, -0.2) is 39.0 Å². The molecule has 3 rings (SSSR count). The highest BCUT2D eigenvalue weighted by molar-refractivity contribution is 5.88. The van der Waals surface area contributed by atoms with Crippen LogP contribution in [0.15, 0.2) is 24.5 Å². The quantitative estimate of drug-likeness (QED) is 0.721. The number of unbranched alkanes of at least 4 members (excludes halogenated alkanes) is 1. The van der Waals surface area contributed by atoms with Gasteiger partial charge in [0.25, 0.3) is 0 Å². The molecule has 8 heteroatoms. The first kappa shape index (κ1) is 21.7. The highest BCUT2D eigenvalue weighted by Gasteiger charge is 2.25. The molecule has 1 atom stereocenters. The molecule has 1 unspecified atom stereocenters. The summed E-state index contributed by atoms with van der Waals surface area (Å²) in [5.41, 5.74) is 0.977. The summed E-state index contributed by atoms with van der Waals surface area (Å²) in [7, 11) is 0. The predicted molar refractivity (Wildman–Crippen MR) is 110 cm³/mol. The molecule has 2 aromatic rings. The summed E-state index contributed by atoms with van der Waals surface area (Å²) in [4.78, 5) is 22.0. The molecule has 154 valence electrons. The molecular formula is C20H32N6O2. The van der Waals surface area contributed by atoms with E-state index in [9.17, 15) is 4.79 Å². The minimum absolute atomic E-state index is 0.0357. The third-order valence-corrected chi connectivity index (χ3v) is 4.17. The van der Waals surface area contributed by atoms with Gasteiger partial charge in [0.05, 0.1) is 18.3 Å². The first-order valence-electron chi connectivity index (χ1n) is 10.2. The Morgan fingerprint density at radius 3 is 2.64 bits per heavy atom. The first-order chi connectivity index (χ1) is 13.6. The van der Waals surface area contributed by atoms with Crippen LogP contribution in [0.2, 0.25) is 0 Å². The fourth-order valence-corrected chi connectivity index (χ4v) is 2.77. The van der Waals surface area contributed by atoms with Gasteiger partial charge in [0.2, 0.25) is 5.95 Å². The zero-order chi connectivity index (χ0) is 20.4. The van der Waals surface area contributed by atoms with Crippen LogP contribution in [0.1, 0.15) is 65.1 Å². The SMILES string of the molecule is CCC.CCCCC(Nc1nccc(N2CCOC2=O)n1)c1ccn(CC)n1. The van der Waals surface area contributed by atoms with Crippen molar-refractivity contribution >= 4 is 17.9 Å². The Labute approximate surface area is 167 Å². The summed E-state index contributed by atoms with van der Waals surface area (Å²) >= 11 is 0. The second-order valence-corrected chi connectivity index (χ2v) is 6.65. The molecule has 0 aliphatic carbocycles. The van der Waals surface area contributed by atoms with Crippen LogP contribution in [0, 0.1) is 0 Å². The molecule has 3 heterocycles. The summed E-state index contributed by atoms with van der Waals surface area (Å²) < 4.78 is 6.88. The molecule has 0 spiro atoms. The Bertz CT molecular complexity index is 733. The zero-order valence-corrected chi connectivity index (χ0v) is 17.4. The first-order valence-corrected chi connectivity index (χ1v) is 10.2. The van der Waals surface area contributed by atoms with E-state index in [1.54, 1.807) is 12.3 Å². The van der Waals surface area contributed by atoms with Crippen LogP contribution in [0.25, 0.3) is 0 Å². The van der Waals surface area contributed by atoms with Gasteiger partial charge in [-0.1, -0.05) is 40.0 Å². The number of amides is 1. The number of nitrogens with zero attached hydrogens (tertiary/aromatic N) is 5. The number of hydrogen-bond acceptors (Lipinski definition) is 6. The van der Waals surface area contributed by atoms with Crippen LogP contribution in [0.4, 0.5) is 16.6 Å². The molecule has 0 bridgehead atoms. The number of nitrogens with one attached hydrogen (secondary N) is 1. The largest absolute Gasteiger partial charge is 0.447 e. The number of rotatable bonds is 8. The second kappa shape index (κ2) is 11.3. The molecule has 0 radical (unpaired) electrons. The summed E-state index contributed by atoms with van der Waals surface area (Å²) in [6.07, 6.45) is 7.64. The van der Waals surface area contributed by atoms with E-state index < -0.39 is 0 Å². The molecule has 1 amide bonds. The van der Waals surface area contributed by atoms with Crippen molar-refractivity contribution in [2.24, 2.45) is 0 Å². The Morgan fingerprint density at radius 2 is 2.04 bits per heavy atom. The van der Waals surface area contributed by atoms with E-state index in [2.05, 4.69) is 48.1 Å². The van der Waals surface area contributed by atoms with Crippen molar-refractivity contribution in [2.75, 3.05) is 23.4 Å². The Kier molecular flexibility index (Phi) is 8.71. The number of aromatic nitrogens is 4. The molecule has 0 saturated carbocycles. The molecule has 1 fully saturated rings. The second-order valence-electron chi connectivity index (χ2n) is 6.65. The van der Waals surface area contributed by atoms with Gasteiger partial charge in [0.15, 0.2) is 0 Å². The number of anilines is 2. The highest BCUT2D eigenvalue weighted by Crippen LogP contribution is 2.23. The Morgan fingerprint density at radius 1 is 1.25 bits per heavy atom. The van der Waals surface area contributed by atoms with Crippen LogP contribution in [0.5, 0.6) is 0 Å². The summed E-state index contributed by atoms with van der Waals surface area (Å²) in [5, 5.41) is 7.97. The summed E-state index contributed by atoms with van der Waals surface area (Å²) in [5.74, 6) is 1.04. The molecule has 0 aromatic carbocycles. The van der Waals surface area contributed by atoms with E-state index in [4.69, 9.17) is 4.74 Å². The number of ether oxygens (including phenoxy) is 1. The van der Waals surface area contributed by atoms with Gasteiger partial charge in [0.1, 0.15) is 12.4 Å². The topological polar surface area (TPSA) is 85.2 Å². The highest BCUT2D eigenvalue weighted by atomic mass is 16.6. The van der Waals surface area contributed by atoms with Crippen molar-refractivity contribution in [1.29, 1.82) is 0 Å². The molecule has 2 aromatic heterocycles. The van der Waals surface area contributed by atoms with Crippen molar-refractivity contribution in [1.82, 2.24) is 19.7 Å². The van der Waals surface area contributed by atoms with Crippen molar-refractivity contribution in [3.05, 3.63) is 30.2 Å². The van der Waals surface area contributed by atoms with Crippen molar-refractivity contribution in [3.63, 3.8) is 0 Å². The average molecular weight is 389 g/mol. The van der Waals surface area contributed by atoms with Crippen molar-refractivity contribution in [2.45, 2.75) is 66.0 Å². The number of hydrogen-bond donors (Lipinski definition) is 1. The minimum atomic E-state index is -0.367. The van der Waals surface area contributed by atoms with E-state index in [0.29, 0.717) is 24.9 Å². The molecule has 1 aliphatic rings. The van der Waals surface area contributed by atoms with Gasteiger partial charge in [0, 0.05) is 18.9 Å². The molecular weight excluding hydrogens is 356 g/mol. The van der Waals surface area contributed by atoms with E-state index >= 15 is 0 Å². The Balaban J connectivity index is 0.000000878. The molecule has 1 saturated heterocycles. The average Bonchev–Trinajstić information content (AvgIpc) is 3.35. The lowest BCUT2D eigenvalue weighted by Gasteiger charge is -2.18. The lowest BCUT2D eigenvalue weighted by molar-refractivity contribution is 0.181. The van der Waals surface area contributed by atoms with Gasteiger partial charge < -0.3 is 10.1 Å². The molecule has 1 N–H and O–H groups in total. The van der Waals surface area contributed by atoms with E-state index in [0.717, 1.165) is 31.5 Å². The molecule has 8 nitrogen and oxygen atoms in total. The van der Waals surface area contributed by atoms with Gasteiger partial charge in [-0.05, 0) is 25.5 Å². The number of aryl methyl sites for hydroxylation is 1.